The Labute approximate surface area is 162 Å². The minimum Gasteiger partial charge on any atom is -0.444 e. The molecule has 0 spiro atoms. The van der Waals surface area contributed by atoms with Crippen LogP contribution in [0.25, 0.3) is 0 Å². The Bertz CT molecular complexity index is 692. The van der Waals surface area contributed by atoms with Crippen molar-refractivity contribution in [1.82, 2.24) is 14.7 Å². The van der Waals surface area contributed by atoms with Gasteiger partial charge in [0.15, 0.2) is 0 Å². The second-order valence-electron chi connectivity index (χ2n) is 7.23. The van der Waals surface area contributed by atoms with Crippen LogP contribution >= 0.6 is 15.9 Å². The van der Waals surface area contributed by atoms with E-state index < -0.39 is 5.60 Å². The molecule has 0 radical (unpaired) electrons. The maximum absolute atomic E-state index is 12.6. The monoisotopic (exact) mass is 427 g/mol. The summed E-state index contributed by atoms with van der Waals surface area (Å²) in [4.78, 5) is 14.3. The Kier molecular flexibility index (Phi) is 6.53. The average molecular weight is 428 g/mol. The second-order valence-corrected chi connectivity index (χ2v) is 7.98. The quantitative estimate of drug-likeness (QED) is 0.775. The Morgan fingerprint density at radius 3 is 2.73 bits per heavy atom. The number of hydrogen-bond acceptors (Lipinski definition) is 6. The van der Waals surface area contributed by atoms with E-state index in [-0.39, 0.29) is 18.2 Å². The van der Waals surface area contributed by atoms with Gasteiger partial charge in [0.1, 0.15) is 27.7 Å². The summed E-state index contributed by atoms with van der Waals surface area (Å²) < 4.78 is 13.1. The van der Waals surface area contributed by atoms with Crippen LogP contribution in [0.4, 0.5) is 10.6 Å². The van der Waals surface area contributed by atoms with Crippen LogP contribution in [0.2, 0.25) is 0 Å². The molecule has 2 heterocycles. The van der Waals surface area contributed by atoms with Gasteiger partial charge in [0.05, 0.1) is 18.7 Å². The van der Waals surface area contributed by atoms with E-state index in [0.717, 1.165) is 0 Å². The van der Waals surface area contributed by atoms with Gasteiger partial charge >= 0.3 is 6.09 Å². The van der Waals surface area contributed by atoms with E-state index in [2.05, 4.69) is 32.4 Å². The summed E-state index contributed by atoms with van der Waals surface area (Å²) in [5.74, 6) is 0.661. The fourth-order valence-corrected chi connectivity index (χ4v) is 3.52. The van der Waals surface area contributed by atoms with Crippen molar-refractivity contribution in [3.05, 3.63) is 10.2 Å². The van der Waals surface area contributed by atoms with Gasteiger partial charge in [-0.1, -0.05) is 0 Å². The Morgan fingerprint density at radius 1 is 1.50 bits per heavy atom. The zero-order valence-electron chi connectivity index (χ0n) is 15.9. The van der Waals surface area contributed by atoms with Gasteiger partial charge in [-0.15, -0.1) is 0 Å². The Balaban J connectivity index is 2.30. The zero-order valence-corrected chi connectivity index (χ0v) is 17.5. The molecule has 1 aliphatic heterocycles. The lowest BCUT2D eigenvalue weighted by Gasteiger charge is -2.28. The number of aromatic nitrogens is 2. The van der Waals surface area contributed by atoms with Crippen molar-refractivity contribution in [2.75, 3.05) is 32.1 Å². The highest BCUT2D eigenvalue weighted by atomic mass is 79.9. The molecule has 2 atom stereocenters. The van der Waals surface area contributed by atoms with Crippen LogP contribution in [0.5, 0.6) is 0 Å². The SMILES string of the molecule is CCNc1c(C#N)c(Br)nn1[C@H]1C[C@H](COC)N(C(=O)OC(C)(C)C)C1. The molecule has 9 heteroatoms. The van der Waals surface area contributed by atoms with Gasteiger partial charge in [0.2, 0.25) is 0 Å². The highest BCUT2D eigenvalue weighted by Crippen LogP contribution is 2.34. The topological polar surface area (TPSA) is 92.4 Å². The Morgan fingerprint density at radius 2 is 2.19 bits per heavy atom. The first-order valence-corrected chi connectivity index (χ1v) is 9.41. The maximum atomic E-state index is 12.6. The summed E-state index contributed by atoms with van der Waals surface area (Å²) >= 11 is 3.35. The third-order valence-corrected chi connectivity index (χ3v) is 4.60. The lowest BCUT2D eigenvalue weighted by molar-refractivity contribution is 0.0145. The van der Waals surface area contributed by atoms with E-state index in [4.69, 9.17) is 9.47 Å². The normalized spacial score (nSPS) is 20.1. The molecule has 8 nitrogen and oxygen atoms in total. The van der Waals surface area contributed by atoms with Gasteiger partial charge < -0.3 is 19.7 Å². The summed E-state index contributed by atoms with van der Waals surface area (Å²) in [7, 11) is 1.61. The number of hydrogen-bond donors (Lipinski definition) is 1. The molecule has 1 aromatic rings. The Hall–Kier alpha value is -1.79. The lowest BCUT2D eigenvalue weighted by atomic mass is 10.2. The fourth-order valence-electron chi connectivity index (χ4n) is 3.07. The number of methoxy groups -OCH3 is 1. The summed E-state index contributed by atoms with van der Waals surface area (Å²) in [6.45, 7) is 9.02. The number of amides is 1. The van der Waals surface area contributed by atoms with Gasteiger partial charge in [-0.25, -0.2) is 9.48 Å². The largest absolute Gasteiger partial charge is 0.444 e. The van der Waals surface area contributed by atoms with E-state index in [9.17, 15) is 10.1 Å². The van der Waals surface area contributed by atoms with Gasteiger partial charge in [0, 0.05) is 20.2 Å². The summed E-state index contributed by atoms with van der Waals surface area (Å²) in [5.41, 5.74) is -0.101. The molecule has 26 heavy (non-hydrogen) atoms. The predicted molar refractivity (Wildman–Crippen MR) is 101 cm³/mol. The molecule has 0 aromatic carbocycles. The lowest BCUT2D eigenvalue weighted by Crippen LogP contribution is -2.41. The summed E-state index contributed by atoms with van der Waals surface area (Å²) in [6, 6.07) is 1.99. The average Bonchev–Trinajstić information content (AvgIpc) is 3.08. The first-order chi connectivity index (χ1) is 12.2. The van der Waals surface area contributed by atoms with Gasteiger partial charge in [-0.05, 0) is 50.0 Å². The smallest absolute Gasteiger partial charge is 0.410 e. The van der Waals surface area contributed by atoms with Crippen LogP contribution in [0.3, 0.4) is 0 Å². The van der Waals surface area contributed by atoms with Crippen LogP contribution in [0, 0.1) is 11.3 Å². The van der Waals surface area contributed by atoms with Crippen LogP contribution < -0.4 is 5.32 Å². The number of nitrogens with zero attached hydrogens (tertiary/aromatic N) is 4. The highest BCUT2D eigenvalue weighted by molar-refractivity contribution is 9.10. The van der Waals surface area contributed by atoms with E-state index in [0.29, 0.717) is 42.1 Å². The number of halogens is 1. The molecule has 0 saturated carbocycles. The molecular weight excluding hydrogens is 402 g/mol. The highest BCUT2D eigenvalue weighted by Gasteiger charge is 2.40. The number of likely N-dealkylation sites (tertiary alicyclic amines) is 1. The molecule has 1 amide bonds. The van der Waals surface area contributed by atoms with Gasteiger partial charge in [0.25, 0.3) is 0 Å². The molecule has 1 aliphatic rings. The van der Waals surface area contributed by atoms with E-state index in [1.165, 1.54) is 0 Å². The molecule has 144 valence electrons. The van der Waals surface area contributed by atoms with E-state index in [1.807, 2.05) is 27.7 Å². The number of nitrogens with one attached hydrogen (secondary N) is 1. The number of carbonyl (C=O) groups excluding carboxylic acids is 1. The van der Waals surface area contributed by atoms with Crippen molar-refractivity contribution < 1.29 is 14.3 Å². The number of carbonyl (C=O) groups is 1. The van der Waals surface area contributed by atoms with Crippen molar-refractivity contribution in [2.24, 2.45) is 0 Å². The van der Waals surface area contributed by atoms with Gasteiger partial charge in [-0.2, -0.15) is 10.4 Å². The molecule has 0 aliphatic carbocycles. The standard InChI is InChI=1S/C17H26BrN5O3/c1-6-20-15-13(8-19)14(18)21-23(15)11-7-12(10-25-5)22(9-11)16(24)26-17(2,3)4/h11-12,20H,6-7,9-10H2,1-5H3/t11-,12+/m0/s1. The van der Waals surface area contributed by atoms with Gasteiger partial charge in [-0.3, -0.25) is 0 Å². The molecule has 0 unspecified atom stereocenters. The van der Waals surface area contributed by atoms with Crippen molar-refractivity contribution in [3.8, 4) is 6.07 Å². The molecule has 2 rings (SSSR count). The third kappa shape index (κ3) is 4.48. The first kappa shape index (κ1) is 20.5. The molecule has 1 N–H and O–H groups in total. The minimum absolute atomic E-state index is 0.0740. The number of rotatable bonds is 5. The zero-order chi connectivity index (χ0) is 19.5. The van der Waals surface area contributed by atoms with Crippen molar-refractivity contribution in [3.63, 3.8) is 0 Å². The molecule has 0 bridgehead atoms. The molecular formula is C17H26BrN5O3. The summed E-state index contributed by atoms with van der Waals surface area (Å²) in [5, 5.41) is 17.1. The first-order valence-electron chi connectivity index (χ1n) is 8.62. The van der Waals surface area contributed by atoms with Crippen LogP contribution in [0.15, 0.2) is 4.60 Å². The summed E-state index contributed by atoms with van der Waals surface area (Å²) in [6.07, 6.45) is 0.309. The van der Waals surface area contributed by atoms with Crippen LogP contribution in [-0.2, 0) is 9.47 Å². The molecule has 1 saturated heterocycles. The third-order valence-electron chi connectivity index (χ3n) is 4.05. The van der Waals surface area contributed by atoms with E-state index >= 15 is 0 Å². The fraction of sp³-hybridized carbons (Fsp3) is 0.706. The molecule has 1 aromatic heterocycles. The maximum Gasteiger partial charge on any atom is 0.410 e. The molecule has 1 fully saturated rings. The van der Waals surface area contributed by atoms with Crippen LogP contribution in [0.1, 0.15) is 45.7 Å². The van der Waals surface area contributed by atoms with Crippen LogP contribution in [-0.4, -0.2) is 59.2 Å². The number of nitriles is 1. The predicted octanol–water partition coefficient (Wildman–Crippen LogP) is 3.15. The number of anilines is 1. The van der Waals surface area contributed by atoms with Crippen molar-refractivity contribution in [1.29, 1.82) is 5.26 Å². The van der Waals surface area contributed by atoms with E-state index in [1.54, 1.807) is 16.7 Å². The van der Waals surface area contributed by atoms with Crippen molar-refractivity contribution >= 4 is 27.8 Å². The van der Waals surface area contributed by atoms with Crippen molar-refractivity contribution in [2.45, 2.75) is 51.8 Å². The second kappa shape index (κ2) is 8.27. The minimum atomic E-state index is -0.565. The number of ether oxygens (including phenoxy) is 2.